The number of sulfonamides is 1. The predicted octanol–water partition coefficient (Wildman–Crippen LogP) is 3.54. The molecule has 0 saturated carbocycles. The minimum atomic E-state index is -4.08. The summed E-state index contributed by atoms with van der Waals surface area (Å²) in [4.78, 5) is 28.4. The van der Waals surface area contributed by atoms with Crippen LogP contribution < -0.4 is 20.8 Å². The number of fused-ring (bicyclic) bond motifs is 1. The molecule has 0 aliphatic rings. The number of aryl methyl sites for hydroxylation is 3. The number of amides is 1. The zero-order valence-electron chi connectivity index (χ0n) is 19.4. The number of hydrogen-bond donors (Lipinski definition) is 3. The van der Waals surface area contributed by atoms with E-state index in [4.69, 9.17) is 9.88 Å². The molecule has 1 aromatic carbocycles. The highest BCUT2D eigenvalue weighted by molar-refractivity contribution is 7.91. The Kier molecular flexibility index (Phi) is 6.30. The van der Waals surface area contributed by atoms with Crippen LogP contribution in [0.1, 0.15) is 28.5 Å². The summed E-state index contributed by atoms with van der Waals surface area (Å²) in [6.45, 7) is 5.52. The highest BCUT2D eigenvalue weighted by atomic mass is 32.2. The Morgan fingerprint density at radius 3 is 2.49 bits per heavy atom. The zero-order valence-corrected chi connectivity index (χ0v) is 21.0. The number of aromatic amines is 1. The van der Waals surface area contributed by atoms with Crippen LogP contribution in [0.15, 0.2) is 39.5 Å². The van der Waals surface area contributed by atoms with Gasteiger partial charge in [-0.1, -0.05) is 0 Å². The van der Waals surface area contributed by atoms with Crippen LogP contribution in [0.4, 0.5) is 4.39 Å². The standard InChI is InChI=1S/C23H23FN4O5S2/c1-5-26-22(29)16-8-14-15(10-28(4)23(30)19(14)27-16)21-17(9-18(34-21)35(25,31)32)33-20-11(2)6-13(24)7-12(20)3/h6-10,27H,5H2,1-4H3,(H,26,29)(H2,25,31,32). The number of nitrogens with zero attached hydrogens (tertiary/aromatic N) is 1. The monoisotopic (exact) mass is 518 g/mol. The molecule has 9 nitrogen and oxygen atoms in total. The number of rotatable bonds is 6. The number of benzene rings is 1. The van der Waals surface area contributed by atoms with Crippen molar-refractivity contribution in [3.05, 3.63) is 63.5 Å². The number of thiophene rings is 1. The molecule has 0 spiro atoms. The number of hydrogen-bond acceptors (Lipinski definition) is 6. The number of carbonyl (C=O) groups is 1. The van der Waals surface area contributed by atoms with Crippen LogP contribution in [0.2, 0.25) is 0 Å². The first-order valence-electron chi connectivity index (χ1n) is 10.5. The van der Waals surface area contributed by atoms with Crippen LogP contribution in [0.5, 0.6) is 11.5 Å². The molecule has 3 heterocycles. The average Bonchev–Trinajstić information content (AvgIpc) is 3.39. The van der Waals surface area contributed by atoms with E-state index in [2.05, 4.69) is 10.3 Å². The number of ether oxygens (including phenoxy) is 1. The average molecular weight is 519 g/mol. The maximum Gasteiger partial charge on any atom is 0.274 e. The molecule has 0 aliphatic heterocycles. The third-order valence-electron chi connectivity index (χ3n) is 5.38. The van der Waals surface area contributed by atoms with Crippen LogP contribution in [-0.2, 0) is 17.1 Å². The van der Waals surface area contributed by atoms with Gasteiger partial charge in [-0.25, -0.2) is 17.9 Å². The van der Waals surface area contributed by atoms with Gasteiger partial charge in [-0.05, 0) is 50.1 Å². The summed E-state index contributed by atoms with van der Waals surface area (Å²) in [6.07, 6.45) is 1.54. The number of carbonyl (C=O) groups excluding carboxylic acids is 1. The van der Waals surface area contributed by atoms with E-state index >= 15 is 0 Å². The van der Waals surface area contributed by atoms with Crippen molar-refractivity contribution in [1.82, 2.24) is 14.9 Å². The Balaban J connectivity index is 1.99. The second kappa shape index (κ2) is 8.95. The second-order valence-electron chi connectivity index (χ2n) is 8.06. The Morgan fingerprint density at radius 1 is 1.23 bits per heavy atom. The molecule has 0 atom stereocenters. The van der Waals surface area contributed by atoms with E-state index in [1.165, 1.54) is 35.0 Å². The van der Waals surface area contributed by atoms with Gasteiger partial charge in [0.25, 0.3) is 11.5 Å². The quantitative estimate of drug-likeness (QED) is 0.359. The van der Waals surface area contributed by atoms with Crippen molar-refractivity contribution in [2.24, 2.45) is 12.2 Å². The molecule has 4 rings (SSSR count). The van der Waals surface area contributed by atoms with Crippen LogP contribution in [0.25, 0.3) is 21.3 Å². The highest BCUT2D eigenvalue weighted by Gasteiger charge is 2.24. The first-order valence-corrected chi connectivity index (χ1v) is 12.9. The molecule has 184 valence electrons. The fraction of sp³-hybridized carbons (Fsp3) is 0.217. The van der Waals surface area contributed by atoms with E-state index in [1.807, 2.05) is 0 Å². The fourth-order valence-corrected chi connectivity index (χ4v) is 5.64. The number of pyridine rings is 1. The number of nitrogens with one attached hydrogen (secondary N) is 2. The van der Waals surface area contributed by atoms with Crippen molar-refractivity contribution in [1.29, 1.82) is 0 Å². The molecule has 4 N–H and O–H groups in total. The highest BCUT2D eigenvalue weighted by Crippen LogP contribution is 2.45. The third kappa shape index (κ3) is 4.59. The Hall–Kier alpha value is -3.48. The van der Waals surface area contributed by atoms with Crippen LogP contribution in [-0.4, -0.2) is 30.4 Å². The lowest BCUT2D eigenvalue weighted by atomic mass is 10.1. The first-order chi connectivity index (χ1) is 16.4. The minimum absolute atomic E-state index is 0.151. The molecular weight excluding hydrogens is 495 g/mol. The predicted molar refractivity (Wildman–Crippen MR) is 132 cm³/mol. The third-order valence-corrected chi connectivity index (χ3v) is 7.95. The van der Waals surface area contributed by atoms with Gasteiger partial charge < -0.3 is 19.6 Å². The molecule has 0 unspecified atom stereocenters. The van der Waals surface area contributed by atoms with Crippen molar-refractivity contribution in [2.45, 2.75) is 25.0 Å². The Morgan fingerprint density at radius 2 is 1.89 bits per heavy atom. The fourth-order valence-electron chi connectivity index (χ4n) is 3.82. The van der Waals surface area contributed by atoms with Gasteiger partial charge in [0.2, 0.25) is 10.0 Å². The molecule has 3 aromatic heterocycles. The van der Waals surface area contributed by atoms with Crippen molar-refractivity contribution in [3.8, 4) is 21.9 Å². The lowest BCUT2D eigenvalue weighted by Crippen LogP contribution is -2.23. The Bertz CT molecular complexity index is 1630. The normalized spacial score (nSPS) is 11.7. The first kappa shape index (κ1) is 24.6. The van der Waals surface area contributed by atoms with Crippen molar-refractivity contribution in [2.75, 3.05) is 6.54 Å². The number of nitrogens with two attached hydrogens (primary N) is 1. The van der Waals surface area contributed by atoms with Crippen molar-refractivity contribution < 1.29 is 22.3 Å². The summed E-state index contributed by atoms with van der Waals surface area (Å²) >= 11 is 0.869. The van der Waals surface area contributed by atoms with Crippen LogP contribution in [0.3, 0.4) is 0 Å². The van der Waals surface area contributed by atoms with Gasteiger partial charge in [-0.3, -0.25) is 9.59 Å². The second-order valence-corrected chi connectivity index (χ2v) is 10.9. The van der Waals surface area contributed by atoms with E-state index in [9.17, 15) is 22.4 Å². The number of aromatic nitrogens is 2. The van der Waals surface area contributed by atoms with E-state index in [0.717, 1.165) is 11.3 Å². The summed E-state index contributed by atoms with van der Waals surface area (Å²) in [6, 6.07) is 5.45. The van der Waals surface area contributed by atoms with E-state index < -0.39 is 15.8 Å². The summed E-state index contributed by atoms with van der Waals surface area (Å²) in [5.41, 5.74) is 1.49. The maximum atomic E-state index is 13.8. The van der Waals surface area contributed by atoms with Gasteiger partial charge in [0.1, 0.15) is 32.7 Å². The van der Waals surface area contributed by atoms with Crippen LogP contribution >= 0.6 is 11.3 Å². The van der Waals surface area contributed by atoms with Gasteiger partial charge >= 0.3 is 0 Å². The van der Waals surface area contributed by atoms with Gasteiger partial charge in [0.05, 0.1) is 4.88 Å². The largest absolute Gasteiger partial charge is 0.455 e. The molecule has 12 heteroatoms. The van der Waals surface area contributed by atoms with Gasteiger partial charge in [-0.2, -0.15) is 0 Å². The molecule has 0 bridgehead atoms. The summed E-state index contributed by atoms with van der Waals surface area (Å²) in [5, 5.41) is 8.48. The minimum Gasteiger partial charge on any atom is -0.455 e. The Labute approximate surface area is 204 Å². The van der Waals surface area contributed by atoms with Crippen molar-refractivity contribution >= 4 is 38.2 Å². The molecule has 0 radical (unpaired) electrons. The van der Waals surface area contributed by atoms with Crippen molar-refractivity contribution in [3.63, 3.8) is 0 Å². The summed E-state index contributed by atoms with van der Waals surface area (Å²) in [7, 11) is -2.54. The zero-order chi connectivity index (χ0) is 25.7. The molecule has 0 saturated heterocycles. The SMILES string of the molecule is CCNC(=O)c1cc2c(-c3sc(S(N)(=O)=O)cc3Oc3c(C)cc(F)cc3C)cn(C)c(=O)c2[nH]1. The van der Waals surface area contributed by atoms with Gasteiger partial charge in [-0.15, -0.1) is 11.3 Å². The van der Waals surface area contributed by atoms with Crippen LogP contribution in [0, 0.1) is 19.7 Å². The van der Waals surface area contributed by atoms with Gasteiger partial charge in [0.15, 0.2) is 0 Å². The number of primary sulfonamides is 1. The molecule has 0 fully saturated rings. The molecular formula is C23H23FN4O5S2. The molecule has 35 heavy (non-hydrogen) atoms. The number of halogens is 1. The van der Waals surface area contributed by atoms with E-state index in [0.29, 0.717) is 39.2 Å². The number of H-pyrrole nitrogens is 1. The van der Waals surface area contributed by atoms with E-state index in [1.54, 1.807) is 27.8 Å². The molecule has 4 aromatic rings. The maximum absolute atomic E-state index is 13.8. The lowest BCUT2D eigenvalue weighted by Gasteiger charge is -2.13. The molecule has 1 amide bonds. The van der Waals surface area contributed by atoms with E-state index in [-0.39, 0.29) is 32.6 Å². The smallest absolute Gasteiger partial charge is 0.274 e. The lowest BCUT2D eigenvalue weighted by molar-refractivity contribution is 0.0951. The van der Waals surface area contributed by atoms with Gasteiger partial charge in [0, 0.05) is 36.8 Å². The summed E-state index contributed by atoms with van der Waals surface area (Å²) in [5.74, 6) is -0.280. The topological polar surface area (TPSA) is 136 Å². The summed E-state index contributed by atoms with van der Waals surface area (Å²) < 4.78 is 45.5. The molecule has 0 aliphatic carbocycles.